The molecule has 0 spiro atoms. The Bertz CT molecular complexity index is 840. The molecule has 1 atom stereocenters. The monoisotopic (exact) mass is 354 g/mol. The minimum atomic E-state index is -1.18. The number of esters is 1. The van der Waals surface area contributed by atoms with Crippen molar-refractivity contribution in [1.82, 2.24) is 9.97 Å². The van der Waals surface area contributed by atoms with Crippen LogP contribution in [-0.2, 0) is 9.53 Å². The zero-order valence-electron chi connectivity index (χ0n) is 14.7. The van der Waals surface area contributed by atoms with Crippen LogP contribution in [0, 0.1) is 11.3 Å². The van der Waals surface area contributed by atoms with E-state index in [9.17, 15) is 15.2 Å². The van der Waals surface area contributed by atoms with Gasteiger partial charge in [0.25, 0.3) is 0 Å². The second-order valence-electron chi connectivity index (χ2n) is 6.67. The van der Waals surface area contributed by atoms with Crippen molar-refractivity contribution in [2.45, 2.75) is 43.6 Å². The van der Waals surface area contributed by atoms with Crippen molar-refractivity contribution < 1.29 is 14.6 Å². The Morgan fingerprint density at radius 3 is 2.58 bits per heavy atom. The van der Waals surface area contributed by atoms with Crippen LogP contribution >= 0.6 is 0 Å². The lowest BCUT2D eigenvalue weighted by molar-refractivity contribution is -0.141. The topological polar surface area (TPSA) is 108 Å². The van der Waals surface area contributed by atoms with Crippen LogP contribution < -0.4 is 5.32 Å². The number of aliphatic hydroxyl groups is 1. The summed E-state index contributed by atoms with van der Waals surface area (Å²) in [5.41, 5.74) is 0.651. The van der Waals surface area contributed by atoms with E-state index < -0.39 is 17.5 Å². The Hall–Kier alpha value is -2.72. The van der Waals surface area contributed by atoms with Gasteiger partial charge in [0, 0.05) is 6.54 Å². The van der Waals surface area contributed by atoms with E-state index in [0.29, 0.717) is 23.4 Å². The maximum Gasteiger partial charge on any atom is 0.329 e. The molecule has 0 unspecified atom stereocenters. The Labute approximate surface area is 152 Å². The summed E-state index contributed by atoms with van der Waals surface area (Å²) < 4.78 is 4.73. The number of ether oxygens (including phenoxy) is 1. The first-order valence-corrected chi connectivity index (χ1v) is 8.77. The molecule has 26 heavy (non-hydrogen) atoms. The van der Waals surface area contributed by atoms with Gasteiger partial charge in [0.2, 0.25) is 0 Å². The first-order valence-electron chi connectivity index (χ1n) is 8.77. The van der Waals surface area contributed by atoms with Crippen LogP contribution in [0.3, 0.4) is 0 Å². The van der Waals surface area contributed by atoms with Crippen LogP contribution in [0.2, 0.25) is 0 Å². The van der Waals surface area contributed by atoms with Gasteiger partial charge in [0.15, 0.2) is 11.7 Å². The van der Waals surface area contributed by atoms with Crippen molar-refractivity contribution in [3.63, 3.8) is 0 Å². The molecule has 0 bridgehead atoms. The SMILES string of the molecule is COC(=O)[C@H](C#N)c1nc2ccccc2nc1NCC1(O)CCCCC1. The summed E-state index contributed by atoms with van der Waals surface area (Å²) in [5, 5.41) is 23.3. The molecule has 0 amide bonds. The van der Waals surface area contributed by atoms with Gasteiger partial charge in [-0.25, -0.2) is 9.97 Å². The highest BCUT2D eigenvalue weighted by atomic mass is 16.5. The standard InChI is InChI=1S/C19H22N4O3/c1-26-18(24)13(11-20)16-17(21-12-19(25)9-5-2-6-10-19)23-15-8-4-3-7-14(15)22-16/h3-4,7-8,13,25H,2,5-6,9-10,12H2,1H3,(H,21,23)/t13-/m1/s1. The van der Waals surface area contributed by atoms with Crippen LogP contribution in [-0.4, -0.2) is 40.3 Å². The number of benzene rings is 1. The number of nitrogens with one attached hydrogen (secondary N) is 1. The number of nitriles is 1. The second kappa shape index (κ2) is 7.67. The first-order chi connectivity index (χ1) is 12.6. The molecule has 0 radical (unpaired) electrons. The number of anilines is 1. The summed E-state index contributed by atoms with van der Waals surface area (Å²) >= 11 is 0. The van der Waals surface area contributed by atoms with Crippen molar-refractivity contribution in [2.75, 3.05) is 19.0 Å². The number of rotatable bonds is 5. The molecule has 1 fully saturated rings. The number of carbonyl (C=O) groups excluding carboxylic acids is 1. The summed E-state index contributed by atoms with van der Waals surface area (Å²) in [6, 6.07) is 9.19. The van der Waals surface area contributed by atoms with Gasteiger partial charge in [-0.05, 0) is 25.0 Å². The van der Waals surface area contributed by atoms with Crippen LogP contribution in [0.15, 0.2) is 24.3 Å². The Morgan fingerprint density at radius 1 is 1.31 bits per heavy atom. The van der Waals surface area contributed by atoms with E-state index in [-0.39, 0.29) is 5.69 Å². The molecule has 2 N–H and O–H groups in total. The molecule has 136 valence electrons. The highest BCUT2D eigenvalue weighted by molar-refractivity contribution is 5.84. The van der Waals surface area contributed by atoms with Crippen molar-refractivity contribution >= 4 is 22.8 Å². The molecule has 7 nitrogen and oxygen atoms in total. The molecule has 3 rings (SSSR count). The quantitative estimate of drug-likeness (QED) is 0.794. The predicted octanol–water partition coefficient (Wildman–Crippen LogP) is 2.52. The van der Waals surface area contributed by atoms with Gasteiger partial charge < -0.3 is 15.2 Å². The van der Waals surface area contributed by atoms with Crippen LogP contribution in [0.5, 0.6) is 0 Å². The average molecular weight is 354 g/mol. The van der Waals surface area contributed by atoms with Gasteiger partial charge in [0.05, 0.1) is 29.8 Å². The fraction of sp³-hybridized carbons (Fsp3) is 0.474. The number of para-hydroxylation sites is 2. The summed E-state index contributed by atoms with van der Waals surface area (Å²) in [6.45, 7) is 0.298. The van der Waals surface area contributed by atoms with Gasteiger partial charge in [-0.1, -0.05) is 31.4 Å². The van der Waals surface area contributed by atoms with Crippen LogP contribution in [0.1, 0.15) is 43.7 Å². The number of nitrogens with zero attached hydrogens (tertiary/aromatic N) is 3. The zero-order chi connectivity index (χ0) is 18.6. The van der Waals surface area contributed by atoms with Crippen molar-refractivity contribution in [2.24, 2.45) is 0 Å². The third-order valence-electron chi connectivity index (χ3n) is 4.81. The Kier molecular flexibility index (Phi) is 5.33. The molecule has 1 heterocycles. The molecular formula is C19H22N4O3. The Balaban J connectivity index is 1.97. The normalized spacial score (nSPS) is 17.3. The average Bonchev–Trinajstić information content (AvgIpc) is 2.67. The lowest BCUT2D eigenvalue weighted by atomic mass is 9.85. The van der Waals surface area contributed by atoms with E-state index in [1.54, 1.807) is 6.07 Å². The smallest absolute Gasteiger partial charge is 0.329 e. The minimum Gasteiger partial charge on any atom is -0.468 e. The molecule has 0 aliphatic heterocycles. The van der Waals surface area contributed by atoms with Crippen molar-refractivity contribution in [3.8, 4) is 6.07 Å². The molecule has 2 aromatic rings. The van der Waals surface area contributed by atoms with E-state index in [0.717, 1.165) is 32.1 Å². The van der Waals surface area contributed by atoms with Gasteiger partial charge >= 0.3 is 5.97 Å². The number of hydrogen-bond donors (Lipinski definition) is 2. The molecule has 1 aromatic heterocycles. The first kappa shape index (κ1) is 18.1. The van der Waals surface area contributed by atoms with Gasteiger partial charge in [0.1, 0.15) is 5.69 Å². The molecule has 1 aliphatic rings. The molecular weight excluding hydrogens is 332 g/mol. The van der Waals surface area contributed by atoms with E-state index in [2.05, 4.69) is 15.3 Å². The fourth-order valence-electron chi connectivity index (χ4n) is 3.32. The van der Waals surface area contributed by atoms with Gasteiger partial charge in [-0.2, -0.15) is 5.26 Å². The third-order valence-corrected chi connectivity index (χ3v) is 4.81. The summed E-state index contributed by atoms with van der Waals surface area (Å²) in [7, 11) is 1.24. The summed E-state index contributed by atoms with van der Waals surface area (Å²) in [4.78, 5) is 21.0. The number of methoxy groups -OCH3 is 1. The van der Waals surface area contributed by atoms with E-state index >= 15 is 0 Å². The third kappa shape index (κ3) is 3.75. The van der Waals surface area contributed by atoms with Crippen molar-refractivity contribution in [1.29, 1.82) is 5.26 Å². The van der Waals surface area contributed by atoms with Crippen LogP contribution in [0.4, 0.5) is 5.82 Å². The molecule has 0 saturated heterocycles. The molecule has 7 heteroatoms. The van der Waals surface area contributed by atoms with Gasteiger partial charge in [-0.15, -0.1) is 0 Å². The van der Waals surface area contributed by atoms with Crippen LogP contribution in [0.25, 0.3) is 11.0 Å². The van der Waals surface area contributed by atoms with Crippen molar-refractivity contribution in [3.05, 3.63) is 30.0 Å². The fourth-order valence-corrected chi connectivity index (χ4v) is 3.32. The lowest BCUT2D eigenvalue weighted by Gasteiger charge is -2.32. The van der Waals surface area contributed by atoms with E-state index in [1.807, 2.05) is 24.3 Å². The summed E-state index contributed by atoms with van der Waals surface area (Å²) in [5.74, 6) is -1.53. The van der Waals surface area contributed by atoms with E-state index in [1.165, 1.54) is 7.11 Å². The highest BCUT2D eigenvalue weighted by Gasteiger charge is 2.31. The number of aromatic nitrogens is 2. The summed E-state index contributed by atoms with van der Waals surface area (Å²) in [6.07, 6.45) is 4.53. The lowest BCUT2D eigenvalue weighted by Crippen LogP contribution is -2.39. The number of fused-ring (bicyclic) bond motifs is 1. The number of hydrogen-bond acceptors (Lipinski definition) is 7. The molecule has 1 aromatic carbocycles. The number of carbonyl (C=O) groups is 1. The molecule has 1 saturated carbocycles. The zero-order valence-corrected chi connectivity index (χ0v) is 14.7. The minimum absolute atomic E-state index is 0.220. The largest absolute Gasteiger partial charge is 0.468 e. The highest BCUT2D eigenvalue weighted by Crippen LogP contribution is 2.30. The second-order valence-corrected chi connectivity index (χ2v) is 6.67. The maximum absolute atomic E-state index is 12.0. The predicted molar refractivity (Wildman–Crippen MR) is 96.4 cm³/mol. The maximum atomic E-state index is 12.0. The van der Waals surface area contributed by atoms with E-state index in [4.69, 9.17) is 4.74 Å². The molecule has 1 aliphatic carbocycles. The van der Waals surface area contributed by atoms with Gasteiger partial charge in [-0.3, -0.25) is 4.79 Å². The Morgan fingerprint density at radius 2 is 1.96 bits per heavy atom.